The van der Waals surface area contributed by atoms with Crippen LogP contribution in [0.15, 0.2) is 52.0 Å². The Morgan fingerprint density at radius 1 is 1.28 bits per heavy atom. The number of fused-ring (bicyclic) bond motifs is 1. The van der Waals surface area contributed by atoms with Gasteiger partial charge in [0.25, 0.3) is 11.1 Å². The number of aromatic nitrogens is 1. The van der Waals surface area contributed by atoms with Gasteiger partial charge in [-0.25, -0.2) is 0 Å². The lowest BCUT2D eigenvalue weighted by molar-refractivity contribution is -0.116. The standard InChI is InChI=1S/C20H15N3O5S/c1-27-14-4-2-13(3-5-14)22-17(24)7-12-10-21-9-11-6-15(28-18(11)12)8-16-19(25)23-20(26)29-16/h2-6,8-10H,7H2,1H3,(H,22,24)(H,23,25,26)/b16-8-. The van der Waals surface area contributed by atoms with E-state index in [0.29, 0.717) is 33.7 Å². The molecule has 0 spiro atoms. The molecule has 0 unspecified atom stereocenters. The van der Waals surface area contributed by atoms with E-state index in [1.165, 1.54) is 6.08 Å². The molecule has 0 saturated carbocycles. The van der Waals surface area contributed by atoms with Gasteiger partial charge in [0.2, 0.25) is 5.91 Å². The summed E-state index contributed by atoms with van der Waals surface area (Å²) in [5.74, 6) is 0.414. The molecule has 0 radical (unpaired) electrons. The second-order valence-electron chi connectivity index (χ2n) is 6.17. The van der Waals surface area contributed by atoms with Crippen molar-refractivity contribution in [1.29, 1.82) is 0 Å². The first kappa shape index (κ1) is 18.8. The number of nitrogens with one attached hydrogen (secondary N) is 2. The number of carbonyl (C=O) groups is 3. The lowest BCUT2D eigenvalue weighted by atomic mass is 10.1. The highest BCUT2D eigenvalue weighted by atomic mass is 32.2. The third-order valence-corrected chi connectivity index (χ3v) is 4.97. The maximum atomic E-state index is 12.4. The van der Waals surface area contributed by atoms with Crippen LogP contribution in [0.4, 0.5) is 10.5 Å². The molecular formula is C20H15N3O5S. The molecule has 0 atom stereocenters. The molecule has 0 bridgehead atoms. The van der Waals surface area contributed by atoms with Crippen LogP contribution in [0.2, 0.25) is 0 Å². The molecular weight excluding hydrogens is 394 g/mol. The molecule has 4 rings (SSSR count). The minimum absolute atomic E-state index is 0.0631. The van der Waals surface area contributed by atoms with Crippen molar-refractivity contribution in [1.82, 2.24) is 10.3 Å². The first-order chi connectivity index (χ1) is 14.0. The molecule has 146 valence electrons. The highest BCUT2D eigenvalue weighted by Crippen LogP contribution is 2.29. The molecule has 1 fully saturated rings. The summed E-state index contributed by atoms with van der Waals surface area (Å²) >= 11 is 0.810. The van der Waals surface area contributed by atoms with Gasteiger partial charge >= 0.3 is 0 Å². The van der Waals surface area contributed by atoms with Gasteiger partial charge in [0.05, 0.1) is 18.4 Å². The van der Waals surface area contributed by atoms with Gasteiger partial charge in [0, 0.05) is 35.1 Å². The molecule has 1 aliphatic rings. The zero-order valence-corrected chi connectivity index (χ0v) is 16.0. The largest absolute Gasteiger partial charge is 0.497 e. The third-order valence-electron chi connectivity index (χ3n) is 4.16. The monoisotopic (exact) mass is 409 g/mol. The van der Waals surface area contributed by atoms with Crippen molar-refractivity contribution in [3.8, 4) is 5.75 Å². The van der Waals surface area contributed by atoms with Crippen molar-refractivity contribution in [3.05, 3.63) is 59.0 Å². The number of ether oxygens (including phenoxy) is 1. The van der Waals surface area contributed by atoms with E-state index in [4.69, 9.17) is 9.15 Å². The topological polar surface area (TPSA) is 111 Å². The summed E-state index contributed by atoms with van der Waals surface area (Å²) in [7, 11) is 1.57. The molecule has 2 aromatic heterocycles. The normalized spacial score (nSPS) is 15.0. The maximum absolute atomic E-state index is 12.4. The van der Waals surface area contributed by atoms with E-state index in [1.54, 1.807) is 49.8 Å². The second-order valence-corrected chi connectivity index (χ2v) is 7.19. The fourth-order valence-electron chi connectivity index (χ4n) is 2.84. The number of methoxy groups -OCH3 is 1. The molecule has 1 aromatic carbocycles. The maximum Gasteiger partial charge on any atom is 0.290 e. The van der Waals surface area contributed by atoms with E-state index in [9.17, 15) is 14.4 Å². The van der Waals surface area contributed by atoms with Crippen molar-refractivity contribution in [2.75, 3.05) is 12.4 Å². The van der Waals surface area contributed by atoms with Crippen LogP contribution < -0.4 is 15.4 Å². The molecule has 9 heteroatoms. The molecule has 3 heterocycles. The highest BCUT2D eigenvalue weighted by molar-refractivity contribution is 8.18. The lowest BCUT2D eigenvalue weighted by Gasteiger charge is -2.06. The molecule has 8 nitrogen and oxygen atoms in total. The number of hydrogen-bond donors (Lipinski definition) is 2. The minimum Gasteiger partial charge on any atom is -0.497 e. The number of amides is 3. The molecule has 29 heavy (non-hydrogen) atoms. The van der Waals surface area contributed by atoms with Crippen LogP contribution in [-0.4, -0.2) is 29.1 Å². The Bertz CT molecular complexity index is 1150. The number of furan rings is 1. The minimum atomic E-state index is -0.460. The number of anilines is 1. The smallest absolute Gasteiger partial charge is 0.290 e. The van der Waals surface area contributed by atoms with Crippen LogP contribution in [-0.2, 0) is 16.0 Å². The summed E-state index contributed by atoms with van der Waals surface area (Å²) in [5.41, 5.74) is 1.76. The van der Waals surface area contributed by atoms with Crippen LogP contribution in [0.5, 0.6) is 5.75 Å². The Morgan fingerprint density at radius 2 is 2.07 bits per heavy atom. The highest BCUT2D eigenvalue weighted by Gasteiger charge is 2.25. The Hall–Kier alpha value is -3.59. The van der Waals surface area contributed by atoms with Crippen LogP contribution in [0.3, 0.4) is 0 Å². The Morgan fingerprint density at radius 3 is 2.76 bits per heavy atom. The molecule has 1 saturated heterocycles. The number of rotatable bonds is 5. The Balaban J connectivity index is 1.53. The van der Waals surface area contributed by atoms with Crippen molar-refractivity contribution >= 4 is 51.5 Å². The number of nitrogens with zero attached hydrogens (tertiary/aromatic N) is 1. The molecule has 3 amide bonds. The molecule has 0 aliphatic carbocycles. The SMILES string of the molecule is COc1ccc(NC(=O)Cc2cncc3cc(/C=C4\SC(=O)NC4=O)oc23)cc1. The summed E-state index contributed by atoms with van der Waals surface area (Å²) in [6, 6.07) is 8.71. The van der Waals surface area contributed by atoms with Gasteiger partial charge < -0.3 is 14.5 Å². The van der Waals surface area contributed by atoms with Crippen LogP contribution >= 0.6 is 11.8 Å². The van der Waals surface area contributed by atoms with E-state index >= 15 is 0 Å². The number of pyridine rings is 1. The first-order valence-electron chi connectivity index (χ1n) is 8.57. The van der Waals surface area contributed by atoms with Gasteiger partial charge in [-0.3, -0.25) is 24.7 Å². The van der Waals surface area contributed by atoms with Crippen molar-refractivity contribution in [3.63, 3.8) is 0 Å². The van der Waals surface area contributed by atoms with E-state index in [0.717, 1.165) is 11.8 Å². The van der Waals surface area contributed by atoms with E-state index in [-0.39, 0.29) is 17.2 Å². The summed E-state index contributed by atoms with van der Waals surface area (Å²) in [5, 5.41) is 5.28. The fraction of sp³-hybridized carbons (Fsp3) is 0.100. The molecule has 1 aliphatic heterocycles. The van der Waals surface area contributed by atoms with Crippen LogP contribution in [0, 0.1) is 0 Å². The number of carbonyl (C=O) groups excluding carboxylic acids is 3. The number of thioether (sulfide) groups is 1. The zero-order valence-electron chi connectivity index (χ0n) is 15.2. The Labute approximate surface area is 169 Å². The van der Waals surface area contributed by atoms with Gasteiger partial charge in [0.1, 0.15) is 17.1 Å². The van der Waals surface area contributed by atoms with E-state index < -0.39 is 11.1 Å². The summed E-state index contributed by atoms with van der Waals surface area (Å²) in [6.45, 7) is 0. The molecule has 3 aromatic rings. The predicted octanol–water partition coefficient (Wildman–Crippen LogP) is 3.34. The predicted molar refractivity (Wildman–Crippen MR) is 108 cm³/mol. The van der Waals surface area contributed by atoms with Crippen molar-refractivity contribution in [2.45, 2.75) is 6.42 Å². The third kappa shape index (κ3) is 4.14. The van der Waals surface area contributed by atoms with Crippen molar-refractivity contribution in [2.24, 2.45) is 0 Å². The average Bonchev–Trinajstić information content (AvgIpc) is 3.25. The van der Waals surface area contributed by atoms with Gasteiger partial charge in [-0.15, -0.1) is 0 Å². The summed E-state index contributed by atoms with van der Waals surface area (Å²) < 4.78 is 10.9. The summed E-state index contributed by atoms with van der Waals surface area (Å²) in [6.07, 6.45) is 4.73. The second kappa shape index (κ2) is 7.80. The van der Waals surface area contributed by atoms with E-state index in [1.807, 2.05) is 0 Å². The fourth-order valence-corrected chi connectivity index (χ4v) is 3.50. The van der Waals surface area contributed by atoms with Gasteiger partial charge in [-0.05, 0) is 42.1 Å². The number of benzene rings is 1. The number of hydrogen-bond acceptors (Lipinski definition) is 7. The molecule has 2 N–H and O–H groups in total. The zero-order chi connectivity index (χ0) is 20.4. The van der Waals surface area contributed by atoms with Crippen LogP contribution in [0.25, 0.3) is 17.0 Å². The van der Waals surface area contributed by atoms with Gasteiger partial charge in [-0.1, -0.05) is 0 Å². The average molecular weight is 409 g/mol. The lowest BCUT2D eigenvalue weighted by Crippen LogP contribution is -2.17. The summed E-state index contributed by atoms with van der Waals surface area (Å²) in [4.78, 5) is 39.8. The van der Waals surface area contributed by atoms with E-state index in [2.05, 4.69) is 15.6 Å². The van der Waals surface area contributed by atoms with Crippen molar-refractivity contribution < 1.29 is 23.5 Å². The first-order valence-corrected chi connectivity index (χ1v) is 9.38. The van der Waals surface area contributed by atoms with Gasteiger partial charge in [-0.2, -0.15) is 0 Å². The van der Waals surface area contributed by atoms with Crippen LogP contribution in [0.1, 0.15) is 11.3 Å². The Kier molecular flexibility index (Phi) is 5.05. The van der Waals surface area contributed by atoms with Gasteiger partial charge in [0.15, 0.2) is 0 Å². The number of imide groups is 1. The quantitative estimate of drug-likeness (QED) is 0.622.